The molecule has 8 nitrogen and oxygen atoms in total. The van der Waals surface area contributed by atoms with Gasteiger partial charge in [0.25, 0.3) is 0 Å². The topological polar surface area (TPSA) is 99.4 Å². The molecule has 0 spiro atoms. The first-order valence-electron chi connectivity index (χ1n) is 10.7. The first-order chi connectivity index (χ1) is 14.5. The van der Waals surface area contributed by atoms with E-state index in [-0.39, 0.29) is 23.9 Å². The van der Waals surface area contributed by atoms with Crippen LogP contribution in [0.5, 0.6) is 0 Å². The van der Waals surface area contributed by atoms with Crippen LogP contribution in [0.25, 0.3) is 11.0 Å². The van der Waals surface area contributed by atoms with Gasteiger partial charge < -0.3 is 25.3 Å². The number of aromatic amines is 1. The Morgan fingerprint density at radius 3 is 2.93 bits per heavy atom. The number of likely N-dealkylation sites (N-methyl/N-ethyl adjacent to an activating group) is 1. The average molecular weight is 416 g/mol. The Morgan fingerprint density at radius 1 is 1.40 bits per heavy atom. The van der Waals surface area contributed by atoms with Gasteiger partial charge in [-0.15, -0.1) is 0 Å². The van der Waals surface area contributed by atoms with Crippen LogP contribution < -0.4 is 10.6 Å². The van der Waals surface area contributed by atoms with E-state index in [9.17, 15) is 9.59 Å². The molecule has 1 unspecified atom stereocenters. The summed E-state index contributed by atoms with van der Waals surface area (Å²) in [6.07, 6.45) is 5.97. The van der Waals surface area contributed by atoms with Crippen LogP contribution in [0.2, 0.25) is 0 Å². The molecule has 3 heterocycles. The van der Waals surface area contributed by atoms with Crippen molar-refractivity contribution in [3.63, 3.8) is 0 Å². The van der Waals surface area contributed by atoms with Gasteiger partial charge in [0.1, 0.15) is 11.7 Å². The first-order valence-corrected chi connectivity index (χ1v) is 10.7. The minimum atomic E-state index is -0.714. The fourth-order valence-electron chi connectivity index (χ4n) is 4.15. The van der Waals surface area contributed by atoms with Gasteiger partial charge in [0.05, 0.1) is 12.1 Å². The number of hydrogen-bond donors (Lipinski definition) is 3. The summed E-state index contributed by atoms with van der Waals surface area (Å²) in [5.74, 6) is -0.278. The van der Waals surface area contributed by atoms with Crippen molar-refractivity contribution in [2.45, 2.75) is 64.3 Å². The third-order valence-electron chi connectivity index (χ3n) is 5.96. The highest BCUT2D eigenvalue weighted by atomic mass is 16.5. The van der Waals surface area contributed by atoms with E-state index in [1.807, 2.05) is 37.1 Å². The molecule has 0 bridgehead atoms. The van der Waals surface area contributed by atoms with E-state index in [0.29, 0.717) is 13.1 Å². The van der Waals surface area contributed by atoms with Crippen LogP contribution in [0.15, 0.2) is 24.5 Å². The molecule has 164 valence electrons. The van der Waals surface area contributed by atoms with Gasteiger partial charge in [0.15, 0.2) is 0 Å². The smallest absolute Gasteiger partial charge is 0.248 e. The van der Waals surface area contributed by atoms with Gasteiger partial charge >= 0.3 is 0 Å². The molecule has 0 aromatic carbocycles. The van der Waals surface area contributed by atoms with Crippen molar-refractivity contribution in [2.75, 3.05) is 20.2 Å². The van der Waals surface area contributed by atoms with Gasteiger partial charge in [-0.3, -0.25) is 9.59 Å². The highest BCUT2D eigenvalue weighted by Crippen LogP contribution is 2.26. The maximum Gasteiger partial charge on any atom is 0.248 e. The third-order valence-corrected chi connectivity index (χ3v) is 5.96. The number of ether oxygens (including phenoxy) is 1. The molecule has 0 aliphatic carbocycles. The van der Waals surface area contributed by atoms with Crippen LogP contribution in [0.4, 0.5) is 0 Å². The molecule has 0 saturated carbocycles. The number of nitrogens with one attached hydrogen (secondary N) is 3. The number of likely N-dealkylation sites (tertiary alicyclic amines) is 1. The number of fused-ring (bicyclic) bond motifs is 1. The number of H-pyrrole nitrogens is 1. The standard InChI is InChI=1S/C22H33N5O3/c1-5-23-14(2)21(28)26-19(15(3)30-4)22(29)27-11-7-8-17(27)12-16-13-25-20-18(16)9-6-10-24-20/h6,9-10,13-15,17,19,23H,5,7-8,11-12H2,1-4H3,(H,24,25)(H,26,28)/t14-,15?,17+,19-/m0/s1. The van der Waals surface area contributed by atoms with E-state index in [4.69, 9.17) is 4.74 Å². The zero-order valence-corrected chi connectivity index (χ0v) is 18.3. The number of rotatable bonds is 9. The summed E-state index contributed by atoms with van der Waals surface area (Å²) in [5, 5.41) is 7.08. The summed E-state index contributed by atoms with van der Waals surface area (Å²) >= 11 is 0. The molecule has 30 heavy (non-hydrogen) atoms. The lowest BCUT2D eigenvalue weighted by molar-refractivity contribution is -0.141. The van der Waals surface area contributed by atoms with Crippen molar-refractivity contribution in [1.29, 1.82) is 0 Å². The summed E-state index contributed by atoms with van der Waals surface area (Å²) < 4.78 is 5.44. The number of nitrogens with zero attached hydrogens (tertiary/aromatic N) is 2. The Morgan fingerprint density at radius 2 is 2.20 bits per heavy atom. The Kier molecular flexibility index (Phi) is 7.44. The maximum atomic E-state index is 13.5. The van der Waals surface area contributed by atoms with E-state index in [1.54, 1.807) is 20.2 Å². The quantitative estimate of drug-likeness (QED) is 0.578. The van der Waals surface area contributed by atoms with Gasteiger partial charge in [-0.2, -0.15) is 0 Å². The van der Waals surface area contributed by atoms with Gasteiger partial charge in [-0.25, -0.2) is 4.98 Å². The van der Waals surface area contributed by atoms with Crippen LogP contribution in [0, 0.1) is 0 Å². The van der Waals surface area contributed by atoms with Crippen molar-refractivity contribution in [3.8, 4) is 0 Å². The zero-order chi connectivity index (χ0) is 21.7. The van der Waals surface area contributed by atoms with Crippen LogP contribution >= 0.6 is 0 Å². The van der Waals surface area contributed by atoms with Crippen molar-refractivity contribution in [2.24, 2.45) is 0 Å². The second-order valence-electron chi connectivity index (χ2n) is 7.95. The number of methoxy groups -OCH3 is 1. The van der Waals surface area contributed by atoms with Crippen LogP contribution in [-0.4, -0.2) is 71.1 Å². The largest absolute Gasteiger partial charge is 0.379 e. The van der Waals surface area contributed by atoms with E-state index < -0.39 is 12.1 Å². The Hall–Kier alpha value is -2.45. The highest BCUT2D eigenvalue weighted by Gasteiger charge is 2.37. The van der Waals surface area contributed by atoms with Crippen LogP contribution in [-0.2, 0) is 20.7 Å². The summed E-state index contributed by atoms with van der Waals surface area (Å²) in [4.78, 5) is 35.5. The van der Waals surface area contributed by atoms with Gasteiger partial charge in [0, 0.05) is 37.5 Å². The molecule has 3 rings (SSSR count). The van der Waals surface area contributed by atoms with E-state index in [1.165, 1.54) is 0 Å². The molecular weight excluding hydrogens is 382 g/mol. The van der Waals surface area contributed by atoms with Crippen molar-refractivity contribution >= 4 is 22.8 Å². The molecule has 2 amide bonds. The maximum absolute atomic E-state index is 13.5. The van der Waals surface area contributed by atoms with E-state index in [0.717, 1.165) is 35.9 Å². The molecule has 4 atom stereocenters. The molecule has 1 fully saturated rings. The predicted molar refractivity (Wildman–Crippen MR) is 116 cm³/mol. The molecule has 1 aliphatic heterocycles. The molecular formula is C22H33N5O3. The van der Waals surface area contributed by atoms with E-state index in [2.05, 4.69) is 20.6 Å². The number of aromatic nitrogens is 2. The SMILES string of the molecule is CCN[C@@H](C)C(=O)N[C@H](C(=O)N1CCC[C@@H]1Cc1c[nH]c2ncccc12)C(C)OC. The third kappa shape index (κ3) is 4.82. The second kappa shape index (κ2) is 10.0. The minimum Gasteiger partial charge on any atom is -0.379 e. The van der Waals surface area contributed by atoms with Gasteiger partial charge in [0.2, 0.25) is 11.8 Å². The zero-order valence-electron chi connectivity index (χ0n) is 18.3. The lowest BCUT2D eigenvalue weighted by Crippen LogP contribution is -2.58. The average Bonchev–Trinajstić information content (AvgIpc) is 3.38. The fraction of sp³-hybridized carbons (Fsp3) is 0.591. The molecule has 2 aromatic heterocycles. The van der Waals surface area contributed by atoms with Crippen LogP contribution in [0.1, 0.15) is 39.2 Å². The molecule has 2 aromatic rings. The fourth-order valence-corrected chi connectivity index (χ4v) is 4.15. The number of amides is 2. The number of carbonyl (C=O) groups is 2. The molecule has 8 heteroatoms. The Balaban J connectivity index is 1.75. The first kappa shape index (κ1) is 22.2. The lowest BCUT2D eigenvalue weighted by atomic mass is 10.0. The lowest BCUT2D eigenvalue weighted by Gasteiger charge is -2.32. The van der Waals surface area contributed by atoms with Gasteiger partial charge in [-0.1, -0.05) is 6.92 Å². The van der Waals surface area contributed by atoms with Crippen molar-refractivity contribution in [3.05, 3.63) is 30.1 Å². The number of pyridine rings is 1. The van der Waals surface area contributed by atoms with Gasteiger partial charge in [-0.05, 0) is 57.4 Å². The minimum absolute atomic E-state index is 0.0816. The Labute approximate surface area is 177 Å². The number of carbonyl (C=O) groups excluding carboxylic acids is 2. The molecule has 0 radical (unpaired) electrons. The normalized spacial score (nSPS) is 19.6. The summed E-state index contributed by atoms with van der Waals surface area (Å²) in [5.41, 5.74) is 2.02. The predicted octanol–water partition coefficient (Wildman–Crippen LogP) is 1.61. The summed E-state index contributed by atoms with van der Waals surface area (Å²) in [7, 11) is 1.56. The van der Waals surface area contributed by atoms with Crippen molar-refractivity contribution < 1.29 is 14.3 Å². The van der Waals surface area contributed by atoms with Crippen LogP contribution in [0.3, 0.4) is 0 Å². The molecule has 3 N–H and O–H groups in total. The molecule has 1 aliphatic rings. The van der Waals surface area contributed by atoms with E-state index >= 15 is 0 Å². The summed E-state index contributed by atoms with van der Waals surface area (Å²) in [6.45, 7) is 6.92. The number of hydrogen-bond acceptors (Lipinski definition) is 5. The highest BCUT2D eigenvalue weighted by molar-refractivity contribution is 5.90. The second-order valence-corrected chi connectivity index (χ2v) is 7.95. The molecule has 1 saturated heterocycles. The Bertz CT molecular complexity index is 867. The summed E-state index contributed by atoms with van der Waals surface area (Å²) in [6, 6.07) is 2.98. The monoisotopic (exact) mass is 415 g/mol. The van der Waals surface area contributed by atoms with Crippen molar-refractivity contribution in [1.82, 2.24) is 25.5 Å².